The van der Waals surface area contributed by atoms with Gasteiger partial charge in [-0.15, -0.1) is 0 Å². The van der Waals surface area contributed by atoms with Gasteiger partial charge in [-0.25, -0.2) is 17.2 Å². The molecule has 0 aromatic heterocycles. The summed E-state index contributed by atoms with van der Waals surface area (Å²) >= 11 is 4.76. The van der Waals surface area contributed by atoms with Crippen LogP contribution < -0.4 is 5.73 Å². The van der Waals surface area contributed by atoms with Crippen molar-refractivity contribution < 1.29 is 21.9 Å². The fourth-order valence-corrected chi connectivity index (χ4v) is 3.45. The van der Waals surface area contributed by atoms with Crippen molar-refractivity contribution in [3.05, 3.63) is 29.8 Å². The molecule has 1 atom stereocenters. The molecule has 9 heteroatoms. The Kier molecular flexibility index (Phi) is 4.33. The van der Waals surface area contributed by atoms with Gasteiger partial charge in [-0.05, 0) is 12.1 Å². The first kappa shape index (κ1) is 15.2. The maximum atomic E-state index is 13.6. The van der Waals surface area contributed by atoms with Crippen LogP contribution in [-0.2, 0) is 14.8 Å². The van der Waals surface area contributed by atoms with Crippen LogP contribution in [0.2, 0.25) is 0 Å². The number of nitrogens with zero attached hydrogens (tertiary/aromatic N) is 1. The van der Waals surface area contributed by atoms with Crippen molar-refractivity contribution in [1.82, 2.24) is 4.31 Å². The van der Waals surface area contributed by atoms with E-state index < -0.39 is 32.7 Å². The number of morpholine rings is 1. The number of benzene rings is 1. The lowest BCUT2D eigenvalue weighted by molar-refractivity contribution is 0.0385. The van der Waals surface area contributed by atoms with E-state index in [1.807, 2.05) is 0 Å². The average molecular weight is 322 g/mol. The SMILES string of the molecule is NC(=S)C1CN(S(=O)(=O)c2ccc(F)cc2F)CCO1. The smallest absolute Gasteiger partial charge is 0.246 e. The lowest BCUT2D eigenvalue weighted by atomic mass is 10.3. The molecule has 2 rings (SSSR count). The second-order valence-corrected chi connectivity index (χ2v) is 6.58. The van der Waals surface area contributed by atoms with Gasteiger partial charge in [0.05, 0.1) is 6.61 Å². The number of rotatable bonds is 3. The summed E-state index contributed by atoms with van der Waals surface area (Å²) in [7, 11) is -4.08. The third-order valence-corrected chi connectivity index (χ3v) is 5.02. The van der Waals surface area contributed by atoms with E-state index >= 15 is 0 Å². The molecule has 110 valence electrons. The highest BCUT2D eigenvalue weighted by Crippen LogP contribution is 2.22. The van der Waals surface area contributed by atoms with Gasteiger partial charge in [0.2, 0.25) is 10.0 Å². The molecule has 1 aliphatic rings. The molecule has 20 heavy (non-hydrogen) atoms. The molecule has 1 aliphatic heterocycles. The Morgan fingerprint density at radius 3 is 2.75 bits per heavy atom. The lowest BCUT2D eigenvalue weighted by Gasteiger charge is -2.31. The van der Waals surface area contributed by atoms with Crippen molar-refractivity contribution in [2.75, 3.05) is 19.7 Å². The molecule has 1 aromatic carbocycles. The molecule has 1 heterocycles. The number of nitrogens with two attached hydrogens (primary N) is 1. The summed E-state index contributed by atoms with van der Waals surface area (Å²) in [6, 6.07) is 2.31. The fourth-order valence-electron chi connectivity index (χ4n) is 1.84. The zero-order valence-electron chi connectivity index (χ0n) is 10.3. The van der Waals surface area contributed by atoms with Crippen molar-refractivity contribution in [3.63, 3.8) is 0 Å². The summed E-state index contributed by atoms with van der Waals surface area (Å²) in [5.41, 5.74) is 5.42. The molecule has 0 amide bonds. The summed E-state index contributed by atoms with van der Waals surface area (Å²) in [5, 5.41) is 0. The topological polar surface area (TPSA) is 72.6 Å². The Morgan fingerprint density at radius 1 is 1.45 bits per heavy atom. The van der Waals surface area contributed by atoms with Crippen LogP contribution in [0.25, 0.3) is 0 Å². The Bertz CT molecular complexity index is 637. The Hall–Kier alpha value is -1.16. The van der Waals surface area contributed by atoms with Gasteiger partial charge >= 0.3 is 0 Å². The number of hydrogen-bond acceptors (Lipinski definition) is 4. The van der Waals surface area contributed by atoms with Gasteiger partial charge in [0, 0.05) is 19.2 Å². The van der Waals surface area contributed by atoms with Gasteiger partial charge in [0.25, 0.3) is 0 Å². The zero-order chi connectivity index (χ0) is 14.9. The van der Waals surface area contributed by atoms with Gasteiger partial charge < -0.3 is 10.5 Å². The van der Waals surface area contributed by atoms with E-state index in [0.29, 0.717) is 6.07 Å². The van der Waals surface area contributed by atoms with E-state index in [-0.39, 0.29) is 24.7 Å². The molecule has 1 unspecified atom stereocenters. The second-order valence-electron chi connectivity index (χ2n) is 4.20. The summed E-state index contributed by atoms with van der Waals surface area (Å²) in [5.74, 6) is -1.98. The van der Waals surface area contributed by atoms with Gasteiger partial charge in [-0.3, -0.25) is 0 Å². The summed E-state index contributed by atoms with van der Waals surface area (Å²) in [6.45, 7) is 0.0663. The zero-order valence-corrected chi connectivity index (χ0v) is 11.9. The molecule has 0 radical (unpaired) electrons. The first-order chi connectivity index (χ1) is 9.32. The predicted molar refractivity (Wildman–Crippen MR) is 71.6 cm³/mol. The fraction of sp³-hybridized carbons (Fsp3) is 0.364. The summed E-state index contributed by atoms with van der Waals surface area (Å²) < 4.78 is 57.3. The highest BCUT2D eigenvalue weighted by atomic mass is 32.2. The summed E-state index contributed by atoms with van der Waals surface area (Å²) in [6.07, 6.45) is -0.711. The minimum atomic E-state index is -4.08. The summed E-state index contributed by atoms with van der Waals surface area (Å²) in [4.78, 5) is -0.549. The monoisotopic (exact) mass is 322 g/mol. The molecule has 2 N–H and O–H groups in total. The normalized spacial score (nSPS) is 20.8. The van der Waals surface area contributed by atoms with Gasteiger partial charge in [0.15, 0.2) is 0 Å². The quantitative estimate of drug-likeness (QED) is 0.827. The van der Waals surface area contributed by atoms with Gasteiger partial charge in [0.1, 0.15) is 27.6 Å². The van der Waals surface area contributed by atoms with E-state index in [4.69, 9.17) is 22.7 Å². The van der Waals surface area contributed by atoms with Crippen molar-refractivity contribution in [2.45, 2.75) is 11.0 Å². The number of hydrogen-bond donors (Lipinski definition) is 1. The van der Waals surface area contributed by atoms with Crippen LogP contribution in [0.5, 0.6) is 0 Å². The highest BCUT2D eigenvalue weighted by Gasteiger charge is 2.33. The predicted octanol–water partition coefficient (Wildman–Crippen LogP) is 0.640. The van der Waals surface area contributed by atoms with E-state index in [1.165, 1.54) is 0 Å². The molecule has 1 saturated heterocycles. The Morgan fingerprint density at radius 2 is 2.15 bits per heavy atom. The average Bonchev–Trinajstić information content (AvgIpc) is 2.38. The molecule has 1 fully saturated rings. The van der Waals surface area contributed by atoms with Crippen LogP contribution in [-0.4, -0.2) is 43.5 Å². The molecule has 0 spiro atoms. The van der Waals surface area contributed by atoms with Crippen molar-refractivity contribution >= 4 is 27.2 Å². The third kappa shape index (κ3) is 2.95. The lowest BCUT2D eigenvalue weighted by Crippen LogP contribution is -2.49. The molecule has 0 bridgehead atoms. The molecule has 0 aliphatic carbocycles. The molecule has 5 nitrogen and oxygen atoms in total. The van der Waals surface area contributed by atoms with Crippen molar-refractivity contribution in [1.29, 1.82) is 0 Å². The minimum absolute atomic E-state index is 0.0319. The largest absolute Gasteiger partial charge is 0.391 e. The van der Waals surface area contributed by atoms with Gasteiger partial charge in [-0.2, -0.15) is 4.31 Å². The van der Waals surface area contributed by atoms with E-state index in [2.05, 4.69) is 0 Å². The molecule has 0 saturated carbocycles. The molecule has 1 aromatic rings. The Balaban J connectivity index is 2.32. The first-order valence-corrected chi connectivity index (χ1v) is 7.53. The molecular weight excluding hydrogens is 310 g/mol. The van der Waals surface area contributed by atoms with Crippen LogP contribution in [0, 0.1) is 11.6 Å². The van der Waals surface area contributed by atoms with Crippen molar-refractivity contribution in [2.24, 2.45) is 5.73 Å². The Labute approximate surface area is 120 Å². The van der Waals surface area contributed by atoms with Crippen LogP contribution in [0.4, 0.5) is 8.78 Å². The maximum absolute atomic E-state index is 13.6. The van der Waals surface area contributed by atoms with Crippen LogP contribution in [0.15, 0.2) is 23.1 Å². The number of thiocarbonyl (C=S) groups is 1. The van der Waals surface area contributed by atoms with Crippen LogP contribution in [0.3, 0.4) is 0 Å². The molecular formula is C11H12F2N2O3S2. The standard InChI is InChI=1S/C11H12F2N2O3S2/c12-7-1-2-10(8(13)5-7)20(16,17)15-3-4-18-9(6-15)11(14)19/h1-2,5,9H,3-4,6H2,(H2,14,19). The number of halogens is 2. The third-order valence-electron chi connectivity index (χ3n) is 2.86. The van der Waals surface area contributed by atoms with Crippen molar-refractivity contribution in [3.8, 4) is 0 Å². The van der Waals surface area contributed by atoms with Crippen LogP contribution in [0.1, 0.15) is 0 Å². The maximum Gasteiger partial charge on any atom is 0.246 e. The second kappa shape index (κ2) is 5.68. The van der Waals surface area contributed by atoms with E-state index in [0.717, 1.165) is 16.4 Å². The van der Waals surface area contributed by atoms with E-state index in [1.54, 1.807) is 0 Å². The minimum Gasteiger partial charge on any atom is -0.391 e. The highest BCUT2D eigenvalue weighted by molar-refractivity contribution is 7.89. The first-order valence-electron chi connectivity index (χ1n) is 5.68. The van der Waals surface area contributed by atoms with Crippen LogP contribution >= 0.6 is 12.2 Å². The van der Waals surface area contributed by atoms with E-state index in [9.17, 15) is 17.2 Å². The number of sulfonamides is 1. The van der Waals surface area contributed by atoms with Gasteiger partial charge in [-0.1, -0.05) is 12.2 Å². The number of ether oxygens (including phenoxy) is 1.